The third-order valence-electron chi connectivity index (χ3n) is 3.17. The van der Waals surface area contributed by atoms with Crippen molar-refractivity contribution in [2.24, 2.45) is 5.41 Å². The van der Waals surface area contributed by atoms with E-state index in [1.807, 2.05) is 0 Å². The normalized spacial score (nSPS) is 17.2. The average molecular weight is 292 g/mol. The summed E-state index contributed by atoms with van der Waals surface area (Å²) in [5.74, 6) is 0.0640. The minimum absolute atomic E-state index is 0.0605. The molecule has 0 saturated heterocycles. The van der Waals surface area contributed by atoms with Crippen LogP contribution in [0, 0.1) is 5.41 Å². The number of carbonyl (C=O) groups is 1. The highest BCUT2D eigenvalue weighted by Crippen LogP contribution is 2.49. The van der Waals surface area contributed by atoms with Crippen molar-refractivity contribution in [1.29, 1.82) is 0 Å². The van der Waals surface area contributed by atoms with Crippen molar-refractivity contribution >= 4 is 15.7 Å². The smallest absolute Gasteiger partial charge is 0.220 e. The Labute approximate surface area is 115 Å². The highest BCUT2D eigenvalue weighted by atomic mass is 32.2. The molecule has 112 valence electrons. The lowest BCUT2D eigenvalue weighted by Gasteiger charge is -2.13. The van der Waals surface area contributed by atoms with Crippen molar-refractivity contribution in [2.75, 3.05) is 45.4 Å². The first-order valence-electron chi connectivity index (χ1n) is 6.51. The Kier molecular flexibility index (Phi) is 6.22. The van der Waals surface area contributed by atoms with Gasteiger partial charge in [-0.15, -0.1) is 0 Å². The molecule has 0 atom stereocenters. The van der Waals surface area contributed by atoms with E-state index < -0.39 is 9.84 Å². The molecule has 6 nitrogen and oxygen atoms in total. The van der Waals surface area contributed by atoms with E-state index in [2.05, 4.69) is 10.6 Å². The minimum atomic E-state index is -3.01. The molecule has 7 heteroatoms. The summed E-state index contributed by atoms with van der Waals surface area (Å²) in [5.41, 5.74) is -0.291. The van der Waals surface area contributed by atoms with Crippen LogP contribution in [0.3, 0.4) is 0 Å². The zero-order valence-corrected chi connectivity index (χ0v) is 12.5. The van der Waals surface area contributed by atoms with Gasteiger partial charge in [0.1, 0.15) is 9.84 Å². The van der Waals surface area contributed by atoms with Crippen molar-refractivity contribution < 1.29 is 17.9 Å². The molecule has 2 N–H and O–H groups in total. The standard InChI is InChI=1S/C12H24N2O4S/c1-18-8-7-13-5-6-14-11(15)9-12(3-4-12)10-19(2,16)17/h13H,3-10H2,1-2H3,(H,14,15). The van der Waals surface area contributed by atoms with Crippen molar-refractivity contribution in [3.05, 3.63) is 0 Å². The van der Waals surface area contributed by atoms with E-state index >= 15 is 0 Å². The molecule has 0 aromatic heterocycles. The van der Waals surface area contributed by atoms with Crippen LogP contribution in [0.2, 0.25) is 0 Å². The minimum Gasteiger partial charge on any atom is -0.383 e. The van der Waals surface area contributed by atoms with Gasteiger partial charge in [0.2, 0.25) is 5.91 Å². The summed E-state index contributed by atoms with van der Waals surface area (Å²) in [4.78, 5) is 11.7. The molecular formula is C12H24N2O4S. The molecule has 1 rings (SSSR count). The average Bonchev–Trinajstić information content (AvgIpc) is 3.00. The fourth-order valence-corrected chi connectivity index (χ4v) is 3.60. The Balaban J connectivity index is 2.14. The second-order valence-electron chi connectivity index (χ2n) is 5.34. The summed E-state index contributed by atoms with van der Waals surface area (Å²) in [5, 5.41) is 5.93. The predicted molar refractivity (Wildman–Crippen MR) is 73.8 cm³/mol. The van der Waals surface area contributed by atoms with E-state index in [4.69, 9.17) is 4.74 Å². The summed E-state index contributed by atoms with van der Waals surface area (Å²) >= 11 is 0. The molecule has 0 aliphatic heterocycles. The third-order valence-corrected chi connectivity index (χ3v) is 4.30. The van der Waals surface area contributed by atoms with Crippen LogP contribution in [0.25, 0.3) is 0 Å². The van der Waals surface area contributed by atoms with Crippen LogP contribution in [-0.4, -0.2) is 59.7 Å². The predicted octanol–water partition coefficient (Wildman–Crippen LogP) is -0.446. The molecule has 1 fully saturated rings. The van der Waals surface area contributed by atoms with Crippen LogP contribution in [-0.2, 0) is 19.4 Å². The van der Waals surface area contributed by atoms with Crippen LogP contribution >= 0.6 is 0 Å². The Morgan fingerprint density at radius 1 is 1.26 bits per heavy atom. The Bertz CT molecular complexity index is 391. The topological polar surface area (TPSA) is 84.5 Å². The molecule has 0 aromatic carbocycles. The SMILES string of the molecule is COCCNCCNC(=O)CC1(CS(C)(=O)=O)CC1. The van der Waals surface area contributed by atoms with Gasteiger partial charge in [-0.3, -0.25) is 4.79 Å². The number of hydrogen-bond donors (Lipinski definition) is 2. The fraction of sp³-hybridized carbons (Fsp3) is 0.917. The van der Waals surface area contributed by atoms with E-state index in [1.54, 1.807) is 7.11 Å². The maximum Gasteiger partial charge on any atom is 0.220 e. The van der Waals surface area contributed by atoms with Gasteiger partial charge in [-0.2, -0.15) is 0 Å². The van der Waals surface area contributed by atoms with Gasteiger partial charge in [-0.05, 0) is 18.3 Å². The van der Waals surface area contributed by atoms with Gasteiger partial charge >= 0.3 is 0 Å². The lowest BCUT2D eigenvalue weighted by Crippen LogP contribution is -2.35. The molecule has 19 heavy (non-hydrogen) atoms. The first-order valence-corrected chi connectivity index (χ1v) is 8.57. The molecule has 0 heterocycles. The summed E-state index contributed by atoms with van der Waals surface area (Å²) in [6, 6.07) is 0. The van der Waals surface area contributed by atoms with Gasteiger partial charge in [0, 0.05) is 39.4 Å². The molecule has 0 radical (unpaired) electrons. The Morgan fingerprint density at radius 3 is 2.47 bits per heavy atom. The van der Waals surface area contributed by atoms with Crippen LogP contribution in [0.5, 0.6) is 0 Å². The molecular weight excluding hydrogens is 268 g/mol. The van der Waals surface area contributed by atoms with Crippen LogP contribution in [0.4, 0.5) is 0 Å². The highest BCUT2D eigenvalue weighted by Gasteiger charge is 2.46. The van der Waals surface area contributed by atoms with Crippen LogP contribution in [0.15, 0.2) is 0 Å². The second kappa shape index (κ2) is 7.21. The quantitative estimate of drug-likeness (QED) is 0.533. The maximum absolute atomic E-state index is 11.7. The number of amides is 1. The molecule has 0 bridgehead atoms. The van der Waals surface area contributed by atoms with Crippen molar-refractivity contribution in [3.63, 3.8) is 0 Å². The van der Waals surface area contributed by atoms with Gasteiger partial charge in [-0.25, -0.2) is 8.42 Å². The largest absolute Gasteiger partial charge is 0.383 e. The molecule has 1 aliphatic carbocycles. The molecule has 0 spiro atoms. The Hall–Kier alpha value is -0.660. The summed E-state index contributed by atoms with van der Waals surface area (Å²) in [7, 11) is -1.37. The summed E-state index contributed by atoms with van der Waals surface area (Å²) < 4.78 is 27.4. The van der Waals surface area contributed by atoms with Gasteiger partial charge in [0.25, 0.3) is 0 Å². The van der Waals surface area contributed by atoms with Crippen molar-refractivity contribution in [1.82, 2.24) is 10.6 Å². The fourth-order valence-electron chi connectivity index (χ4n) is 2.10. The monoisotopic (exact) mass is 292 g/mol. The highest BCUT2D eigenvalue weighted by molar-refractivity contribution is 7.90. The lowest BCUT2D eigenvalue weighted by molar-refractivity contribution is -0.122. The van der Waals surface area contributed by atoms with E-state index in [0.29, 0.717) is 26.1 Å². The molecule has 0 aromatic rings. The van der Waals surface area contributed by atoms with Gasteiger partial charge in [0.05, 0.1) is 12.4 Å². The molecule has 0 unspecified atom stereocenters. The number of ether oxygens (including phenoxy) is 1. The van der Waals surface area contributed by atoms with E-state index in [1.165, 1.54) is 6.26 Å². The van der Waals surface area contributed by atoms with Crippen molar-refractivity contribution in [2.45, 2.75) is 19.3 Å². The third kappa shape index (κ3) is 7.49. The first-order chi connectivity index (χ1) is 8.87. The number of rotatable bonds is 10. The van der Waals surface area contributed by atoms with Gasteiger partial charge < -0.3 is 15.4 Å². The molecule has 1 amide bonds. The summed E-state index contributed by atoms with van der Waals surface area (Å²) in [6.45, 7) is 2.64. The number of methoxy groups -OCH3 is 1. The number of hydrogen-bond acceptors (Lipinski definition) is 5. The second-order valence-corrected chi connectivity index (χ2v) is 7.48. The van der Waals surface area contributed by atoms with Crippen LogP contribution < -0.4 is 10.6 Å². The molecule has 1 aliphatic rings. The van der Waals surface area contributed by atoms with Crippen LogP contribution in [0.1, 0.15) is 19.3 Å². The number of carbonyl (C=O) groups excluding carboxylic acids is 1. The Morgan fingerprint density at radius 2 is 1.95 bits per heavy atom. The zero-order chi connectivity index (χ0) is 14.4. The van der Waals surface area contributed by atoms with Crippen molar-refractivity contribution in [3.8, 4) is 0 Å². The van der Waals surface area contributed by atoms with E-state index in [-0.39, 0.29) is 17.1 Å². The van der Waals surface area contributed by atoms with E-state index in [0.717, 1.165) is 19.4 Å². The van der Waals surface area contributed by atoms with Gasteiger partial charge in [-0.1, -0.05) is 0 Å². The lowest BCUT2D eigenvalue weighted by atomic mass is 10.1. The number of nitrogens with one attached hydrogen (secondary N) is 2. The van der Waals surface area contributed by atoms with E-state index in [9.17, 15) is 13.2 Å². The number of sulfone groups is 1. The van der Waals surface area contributed by atoms with Gasteiger partial charge in [0.15, 0.2) is 0 Å². The zero-order valence-electron chi connectivity index (χ0n) is 11.7. The maximum atomic E-state index is 11.7. The molecule has 1 saturated carbocycles. The first kappa shape index (κ1) is 16.4. The summed E-state index contributed by atoms with van der Waals surface area (Å²) in [6.07, 6.45) is 3.21.